The standard InChI is InChI=1S/C10H19N.C8H10FN/c1-9(2)7-4-5-10(9,3)8(11)6-7;1-6(10)7-2-4-8(9)5-3-7/h7-8H,4-6,11H2,1-3H3;2-6H,10H2,1H3/t7?,8?,10-;/m0./s1. The van der Waals surface area contributed by atoms with E-state index in [1.165, 1.54) is 31.4 Å². The Kier molecular flexibility index (Phi) is 4.46. The molecule has 2 aliphatic carbocycles. The van der Waals surface area contributed by atoms with Crippen molar-refractivity contribution in [2.75, 3.05) is 0 Å². The van der Waals surface area contributed by atoms with Gasteiger partial charge in [0.2, 0.25) is 0 Å². The Bertz CT molecular complexity index is 480. The van der Waals surface area contributed by atoms with Gasteiger partial charge in [0.25, 0.3) is 0 Å². The summed E-state index contributed by atoms with van der Waals surface area (Å²) in [7, 11) is 0. The minimum atomic E-state index is -0.218. The number of hydrogen-bond acceptors (Lipinski definition) is 2. The molecule has 0 heterocycles. The van der Waals surface area contributed by atoms with Crippen LogP contribution < -0.4 is 11.5 Å². The molecule has 0 saturated heterocycles. The highest BCUT2D eigenvalue weighted by Crippen LogP contribution is 2.64. The van der Waals surface area contributed by atoms with Crippen LogP contribution in [-0.4, -0.2) is 6.04 Å². The van der Waals surface area contributed by atoms with Crippen molar-refractivity contribution in [1.82, 2.24) is 0 Å². The fraction of sp³-hybridized carbons (Fsp3) is 0.667. The van der Waals surface area contributed by atoms with E-state index in [0.717, 1.165) is 11.5 Å². The van der Waals surface area contributed by atoms with Crippen LogP contribution >= 0.6 is 0 Å². The minimum absolute atomic E-state index is 0.0133. The number of halogens is 1. The molecule has 2 saturated carbocycles. The second kappa shape index (κ2) is 5.69. The number of rotatable bonds is 1. The van der Waals surface area contributed by atoms with Crippen molar-refractivity contribution in [3.05, 3.63) is 35.6 Å². The Morgan fingerprint density at radius 1 is 1.19 bits per heavy atom. The monoisotopic (exact) mass is 292 g/mol. The molecule has 2 fully saturated rings. The fourth-order valence-electron chi connectivity index (χ4n) is 4.03. The summed E-state index contributed by atoms with van der Waals surface area (Å²) in [6.45, 7) is 9.05. The third-order valence-electron chi connectivity index (χ3n) is 6.26. The molecule has 0 aromatic heterocycles. The molecule has 1 aromatic rings. The zero-order chi connectivity index (χ0) is 15.8. The topological polar surface area (TPSA) is 52.0 Å². The van der Waals surface area contributed by atoms with Gasteiger partial charge in [-0.1, -0.05) is 32.9 Å². The Balaban J connectivity index is 0.000000155. The number of hydrogen-bond donors (Lipinski definition) is 2. The molecule has 2 aliphatic rings. The normalized spacial score (nSPS) is 34.2. The molecule has 3 unspecified atom stereocenters. The first kappa shape index (κ1) is 16.4. The van der Waals surface area contributed by atoms with E-state index in [-0.39, 0.29) is 11.9 Å². The maximum Gasteiger partial charge on any atom is 0.123 e. The first-order chi connectivity index (χ1) is 9.68. The smallest absolute Gasteiger partial charge is 0.123 e. The molecule has 0 spiro atoms. The van der Waals surface area contributed by atoms with Crippen molar-refractivity contribution in [1.29, 1.82) is 0 Å². The molecule has 4 N–H and O–H groups in total. The Hall–Kier alpha value is -0.930. The van der Waals surface area contributed by atoms with Gasteiger partial charge < -0.3 is 11.5 Å². The van der Waals surface area contributed by atoms with Crippen LogP contribution in [0.3, 0.4) is 0 Å². The summed E-state index contributed by atoms with van der Waals surface area (Å²) in [5.41, 5.74) is 13.6. The average Bonchev–Trinajstić information content (AvgIpc) is 2.73. The highest BCUT2D eigenvalue weighted by molar-refractivity contribution is 5.18. The molecule has 0 amide bonds. The minimum Gasteiger partial charge on any atom is -0.327 e. The van der Waals surface area contributed by atoms with Gasteiger partial charge in [0, 0.05) is 12.1 Å². The van der Waals surface area contributed by atoms with Crippen LogP contribution in [0.4, 0.5) is 4.39 Å². The van der Waals surface area contributed by atoms with Crippen LogP contribution in [-0.2, 0) is 0 Å². The summed E-state index contributed by atoms with van der Waals surface area (Å²) in [5, 5.41) is 0. The van der Waals surface area contributed by atoms with E-state index in [2.05, 4.69) is 20.8 Å². The fourth-order valence-corrected chi connectivity index (χ4v) is 4.03. The zero-order valence-corrected chi connectivity index (χ0v) is 13.7. The van der Waals surface area contributed by atoms with E-state index in [1.807, 2.05) is 6.92 Å². The van der Waals surface area contributed by atoms with Crippen LogP contribution in [0.15, 0.2) is 24.3 Å². The molecule has 3 heteroatoms. The van der Waals surface area contributed by atoms with Gasteiger partial charge in [-0.3, -0.25) is 0 Å². The lowest BCUT2D eigenvalue weighted by Gasteiger charge is -2.37. The van der Waals surface area contributed by atoms with Crippen molar-refractivity contribution >= 4 is 0 Å². The lowest BCUT2D eigenvalue weighted by molar-refractivity contribution is 0.136. The van der Waals surface area contributed by atoms with Crippen molar-refractivity contribution in [3.63, 3.8) is 0 Å². The molecule has 2 nitrogen and oxygen atoms in total. The number of benzene rings is 1. The Labute approximate surface area is 128 Å². The first-order valence-corrected chi connectivity index (χ1v) is 7.95. The molecular weight excluding hydrogens is 263 g/mol. The van der Waals surface area contributed by atoms with Gasteiger partial charge in [0.05, 0.1) is 0 Å². The predicted octanol–water partition coefficient (Wildman–Crippen LogP) is 4.01. The second-order valence-electron chi connectivity index (χ2n) is 7.56. The van der Waals surface area contributed by atoms with Gasteiger partial charge in [0.15, 0.2) is 0 Å². The molecule has 0 radical (unpaired) electrons. The molecule has 2 bridgehead atoms. The first-order valence-electron chi connectivity index (χ1n) is 7.95. The van der Waals surface area contributed by atoms with E-state index in [9.17, 15) is 4.39 Å². The largest absolute Gasteiger partial charge is 0.327 e. The number of fused-ring (bicyclic) bond motifs is 2. The summed E-state index contributed by atoms with van der Waals surface area (Å²) in [4.78, 5) is 0. The average molecular weight is 292 g/mol. The van der Waals surface area contributed by atoms with Crippen LogP contribution in [0.1, 0.15) is 58.6 Å². The van der Waals surface area contributed by atoms with Gasteiger partial charge in [0.1, 0.15) is 5.82 Å². The van der Waals surface area contributed by atoms with Crippen LogP contribution in [0.2, 0.25) is 0 Å². The summed E-state index contributed by atoms with van der Waals surface area (Å²) in [5.74, 6) is 0.687. The summed E-state index contributed by atoms with van der Waals surface area (Å²) >= 11 is 0. The van der Waals surface area contributed by atoms with Crippen LogP contribution in [0, 0.1) is 22.6 Å². The van der Waals surface area contributed by atoms with E-state index in [1.54, 1.807) is 12.1 Å². The van der Waals surface area contributed by atoms with Gasteiger partial charge in [-0.25, -0.2) is 4.39 Å². The maximum atomic E-state index is 12.3. The maximum absolute atomic E-state index is 12.3. The van der Waals surface area contributed by atoms with Gasteiger partial charge in [-0.15, -0.1) is 0 Å². The highest BCUT2D eigenvalue weighted by atomic mass is 19.1. The molecule has 4 atom stereocenters. The van der Waals surface area contributed by atoms with Crippen molar-refractivity contribution in [3.8, 4) is 0 Å². The van der Waals surface area contributed by atoms with Crippen LogP contribution in [0.25, 0.3) is 0 Å². The lowest BCUT2D eigenvalue weighted by atomic mass is 9.69. The van der Waals surface area contributed by atoms with E-state index < -0.39 is 0 Å². The highest BCUT2D eigenvalue weighted by Gasteiger charge is 2.59. The van der Waals surface area contributed by atoms with Crippen LogP contribution in [0.5, 0.6) is 0 Å². The molecule has 3 rings (SSSR count). The zero-order valence-electron chi connectivity index (χ0n) is 13.7. The van der Waals surface area contributed by atoms with E-state index in [4.69, 9.17) is 11.5 Å². The molecule has 21 heavy (non-hydrogen) atoms. The van der Waals surface area contributed by atoms with E-state index >= 15 is 0 Å². The summed E-state index contributed by atoms with van der Waals surface area (Å²) in [6, 6.07) is 6.68. The lowest BCUT2D eigenvalue weighted by Crippen LogP contribution is -2.40. The van der Waals surface area contributed by atoms with Gasteiger partial charge in [-0.05, 0) is 60.6 Å². The molecule has 0 aliphatic heterocycles. The van der Waals surface area contributed by atoms with Gasteiger partial charge in [-0.2, -0.15) is 0 Å². The number of nitrogens with two attached hydrogens (primary N) is 2. The Morgan fingerprint density at radius 3 is 2.05 bits per heavy atom. The van der Waals surface area contributed by atoms with Crippen molar-refractivity contribution in [2.24, 2.45) is 28.2 Å². The predicted molar refractivity (Wildman–Crippen MR) is 86.2 cm³/mol. The van der Waals surface area contributed by atoms with Crippen molar-refractivity contribution < 1.29 is 4.39 Å². The quantitative estimate of drug-likeness (QED) is 0.822. The molecule has 118 valence electrons. The summed E-state index contributed by atoms with van der Waals surface area (Å²) in [6.07, 6.45) is 4.03. The third-order valence-corrected chi connectivity index (χ3v) is 6.26. The SMILES string of the molecule is CC(N)c1ccc(F)cc1.CC1(C)C2CC[C@@]1(C)C(N)C2. The molecular formula is C18H29FN2. The van der Waals surface area contributed by atoms with Gasteiger partial charge >= 0.3 is 0 Å². The van der Waals surface area contributed by atoms with Crippen molar-refractivity contribution in [2.45, 2.75) is 59.0 Å². The Morgan fingerprint density at radius 2 is 1.76 bits per heavy atom. The second-order valence-corrected chi connectivity index (χ2v) is 7.56. The van der Waals surface area contributed by atoms with E-state index in [0.29, 0.717) is 16.9 Å². The summed E-state index contributed by atoms with van der Waals surface area (Å²) < 4.78 is 12.3. The molecule has 1 aromatic carbocycles. The third kappa shape index (κ3) is 2.86.